The van der Waals surface area contributed by atoms with Crippen molar-refractivity contribution in [2.75, 3.05) is 13.7 Å². The van der Waals surface area contributed by atoms with Crippen molar-refractivity contribution < 1.29 is 19.0 Å². The Morgan fingerprint density at radius 1 is 1.29 bits per heavy atom. The van der Waals surface area contributed by atoms with Crippen LogP contribution in [0.4, 0.5) is 4.39 Å². The highest BCUT2D eigenvalue weighted by Crippen LogP contribution is 2.19. The van der Waals surface area contributed by atoms with Gasteiger partial charge in [-0.05, 0) is 36.2 Å². The van der Waals surface area contributed by atoms with Crippen LogP contribution >= 0.6 is 0 Å². The lowest BCUT2D eigenvalue weighted by Gasteiger charge is -2.08. The van der Waals surface area contributed by atoms with Gasteiger partial charge in [0.15, 0.2) is 0 Å². The number of rotatable bonds is 5. The molecule has 2 aromatic rings. The molecule has 0 bridgehead atoms. The van der Waals surface area contributed by atoms with E-state index in [9.17, 15) is 14.3 Å². The fourth-order valence-corrected chi connectivity index (χ4v) is 1.97. The summed E-state index contributed by atoms with van der Waals surface area (Å²) in [5.74, 6) is -0.998. The Hall–Kier alpha value is -2.56. The topological polar surface area (TPSA) is 58.6 Å². The van der Waals surface area contributed by atoms with Gasteiger partial charge in [-0.2, -0.15) is 0 Å². The van der Waals surface area contributed by atoms with Crippen molar-refractivity contribution in [2.24, 2.45) is 0 Å². The summed E-state index contributed by atoms with van der Waals surface area (Å²) in [6, 6.07) is 11.2. The smallest absolute Gasteiger partial charge is 0.258 e. The van der Waals surface area contributed by atoms with Crippen molar-refractivity contribution >= 4 is 5.91 Å². The second-order valence-corrected chi connectivity index (χ2v) is 4.49. The zero-order valence-electron chi connectivity index (χ0n) is 11.6. The first-order valence-corrected chi connectivity index (χ1v) is 6.50. The van der Waals surface area contributed by atoms with E-state index >= 15 is 0 Å². The lowest BCUT2D eigenvalue weighted by atomic mass is 10.1. The lowest BCUT2D eigenvalue weighted by molar-refractivity contribution is 0.0947. The normalized spacial score (nSPS) is 10.2. The van der Waals surface area contributed by atoms with Crippen molar-refractivity contribution in [3.05, 3.63) is 59.4 Å². The molecule has 0 atom stereocenters. The van der Waals surface area contributed by atoms with Gasteiger partial charge in [0.1, 0.15) is 22.9 Å². The molecular formula is C16H16FNO3. The van der Waals surface area contributed by atoms with Crippen molar-refractivity contribution in [3.63, 3.8) is 0 Å². The molecule has 0 unspecified atom stereocenters. The van der Waals surface area contributed by atoms with Gasteiger partial charge in [-0.15, -0.1) is 0 Å². The Morgan fingerprint density at radius 2 is 2.05 bits per heavy atom. The highest BCUT2D eigenvalue weighted by atomic mass is 19.1. The van der Waals surface area contributed by atoms with Crippen LogP contribution in [0.15, 0.2) is 42.5 Å². The van der Waals surface area contributed by atoms with E-state index in [0.29, 0.717) is 13.0 Å². The van der Waals surface area contributed by atoms with Crippen LogP contribution in [0.2, 0.25) is 0 Å². The summed E-state index contributed by atoms with van der Waals surface area (Å²) in [6.45, 7) is 0.333. The maximum atomic E-state index is 13.5. The summed E-state index contributed by atoms with van der Waals surface area (Å²) < 4.78 is 18.6. The third-order valence-corrected chi connectivity index (χ3v) is 3.05. The number of hydrogen-bond donors (Lipinski definition) is 2. The van der Waals surface area contributed by atoms with Gasteiger partial charge >= 0.3 is 0 Å². The number of methoxy groups -OCH3 is 1. The number of aromatic hydroxyl groups is 1. The number of carbonyl (C=O) groups is 1. The minimum atomic E-state index is -0.742. The van der Waals surface area contributed by atoms with Gasteiger partial charge in [0, 0.05) is 6.54 Å². The van der Waals surface area contributed by atoms with Gasteiger partial charge in [-0.25, -0.2) is 4.39 Å². The van der Waals surface area contributed by atoms with E-state index in [4.69, 9.17) is 4.74 Å². The van der Waals surface area contributed by atoms with Crippen molar-refractivity contribution in [3.8, 4) is 11.5 Å². The summed E-state index contributed by atoms with van der Waals surface area (Å²) in [7, 11) is 1.59. The number of halogens is 1. The number of phenolic OH excluding ortho intramolecular Hbond substituents is 1. The number of benzene rings is 2. The predicted molar refractivity (Wildman–Crippen MR) is 77.1 cm³/mol. The first-order valence-electron chi connectivity index (χ1n) is 6.50. The third kappa shape index (κ3) is 3.72. The molecule has 0 aliphatic carbocycles. The molecule has 4 nitrogen and oxygen atoms in total. The molecule has 0 aliphatic heterocycles. The molecule has 21 heavy (non-hydrogen) atoms. The Morgan fingerprint density at radius 3 is 2.76 bits per heavy atom. The first kappa shape index (κ1) is 14.8. The van der Waals surface area contributed by atoms with E-state index in [-0.39, 0.29) is 11.3 Å². The molecule has 2 N–H and O–H groups in total. The molecule has 2 rings (SSSR count). The maximum Gasteiger partial charge on any atom is 0.258 e. The summed E-state index contributed by atoms with van der Waals surface area (Å²) in [5.41, 5.74) is 0.663. The zero-order chi connectivity index (χ0) is 15.2. The van der Waals surface area contributed by atoms with E-state index in [1.165, 1.54) is 12.1 Å². The van der Waals surface area contributed by atoms with Crippen LogP contribution in [0, 0.1) is 5.82 Å². The average Bonchev–Trinajstić information content (AvgIpc) is 2.47. The molecule has 0 aromatic heterocycles. The second kappa shape index (κ2) is 6.74. The Balaban J connectivity index is 1.95. The van der Waals surface area contributed by atoms with Crippen LogP contribution in [0.1, 0.15) is 15.9 Å². The SMILES string of the molecule is COc1cccc(CCNC(=O)c2c(O)cccc2F)c1. The molecule has 0 spiro atoms. The summed E-state index contributed by atoms with van der Waals surface area (Å²) >= 11 is 0. The van der Waals surface area contributed by atoms with Gasteiger partial charge in [0.25, 0.3) is 5.91 Å². The molecule has 0 heterocycles. The molecule has 0 saturated carbocycles. The van der Waals surface area contributed by atoms with Gasteiger partial charge < -0.3 is 15.2 Å². The summed E-state index contributed by atoms with van der Waals surface area (Å²) in [6.07, 6.45) is 0.582. The monoisotopic (exact) mass is 289 g/mol. The highest BCUT2D eigenvalue weighted by molar-refractivity contribution is 5.97. The molecule has 1 amide bonds. The Labute approximate surface area is 122 Å². The lowest BCUT2D eigenvalue weighted by Crippen LogP contribution is -2.26. The van der Waals surface area contributed by atoms with Crippen LogP contribution in [-0.2, 0) is 6.42 Å². The number of carbonyl (C=O) groups excluding carboxylic acids is 1. The molecule has 0 aliphatic rings. The van der Waals surface area contributed by atoms with Crippen LogP contribution in [0.3, 0.4) is 0 Å². The minimum Gasteiger partial charge on any atom is -0.507 e. The van der Waals surface area contributed by atoms with Gasteiger partial charge in [0.2, 0.25) is 0 Å². The summed E-state index contributed by atoms with van der Waals surface area (Å²) in [4.78, 5) is 11.9. The predicted octanol–water partition coefficient (Wildman–Crippen LogP) is 2.51. The van der Waals surface area contributed by atoms with Crippen LogP contribution in [0.25, 0.3) is 0 Å². The third-order valence-electron chi connectivity index (χ3n) is 3.05. The van der Waals surface area contributed by atoms with E-state index in [1.54, 1.807) is 7.11 Å². The van der Waals surface area contributed by atoms with E-state index < -0.39 is 11.7 Å². The van der Waals surface area contributed by atoms with E-state index in [0.717, 1.165) is 17.4 Å². The Kier molecular flexibility index (Phi) is 4.77. The number of amides is 1. The number of phenols is 1. The fourth-order valence-electron chi connectivity index (χ4n) is 1.97. The van der Waals surface area contributed by atoms with Gasteiger partial charge in [0.05, 0.1) is 7.11 Å². The molecule has 0 saturated heterocycles. The van der Waals surface area contributed by atoms with E-state index in [1.807, 2.05) is 24.3 Å². The zero-order valence-corrected chi connectivity index (χ0v) is 11.6. The molecular weight excluding hydrogens is 273 g/mol. The second-order valence-electron chi connectivity index (χ2n) is 4.49. The van der Waals surface area contributed by atoms with Crippen molar-refractivity contribution in [1.82, 2.24) is 5.32 Å². The quantitative estimate of drug-likeness (QED) is 0.889. The van der Waals surface area contributed by atoms with Gasteiger partial charge in [-0.1, -0.05) is 18.2 Å². The minimum absolute atomic E-state index is 0.330. The van der Waals surface area contributed by atoms with Crippen LogP contribution in [0.5, 0.6) is 11.5 Å². The summed E-state index contributed by atoms with van der Waals surface area (Å²) in [5, 5.41) is 12.1. The number of nitrogens with one attached hydrogen (secondary N) is 1. The molecule has 5 heteroatoms. The van der Waals surface area contributed by atoms with Crippen molar-refractivity contribution in [2.45, 2.75) is 6.42 Å². The fraction of sp³-hybridized carbons (Fsp3) is 0.188. The maximum absolute atomic E-state index is 13.5. The largest absolute Gasteiger partial charge is 0.507 e. The average molecular weight is 289 g/mol. The molecule has 2 aromatic carbocycles. The first-order chi connectivity index (χ1) is 10.1. The van der Waals surface area contributed by atoms with Gasteiger partial charge in [-0.3, -0.25) is 4.79 Å². The standard InChI is InChI=1S/C16H16FNO3/c1-21-12-5-2-4-11(10-12)8-9-18-16(20)15-13(17)6-3-7-14(15)19/h2-7,10,19H,8-9H2,1H3,(H,18,20). The van der Waals surface area contributed by atoms with Crippen LogP contribution < -0.4 is 10.1 Å². The van der Waals surface area contributed by atoms with Crippen molar-refractivity contribution in [1.29, 1.82) is 0 Å². The van der Waals surface area contributed by atoms with E-state index in [2.05, 4.69) is 5.32 Å². The number of ether oxygens (including phenoxy) is 1. The van der Waals surface area contributed by atoms with Crippen LogP contribution in [-0.4, -0.2) is 24.7 Å². The Bertz CT molecular complexity index is 623. The highest BCUT2D eigenvalue weighted by Gasteiger charge is 2.15. The number of hydrogen-bond acceptors (Lipinski definition) is 3. The molecule has 0 radical (unpaired) electrons. The molecule has 110 valence electrons. The molecule has 0 fully saturated rings.